The van der Waals surface area contributed by atoms with E-state index in [-0.39, 0.29) is 0 Å². The van der Waals surface area contributed by atoms with Crippen LogP contribution in [0.25, 0.3) is 0 Å². The van der Waals surface area contributed by atoms with Gasteiger partial charge in [-0.2, -0.15) is 26.3 Å². The van der Waals surface area contributed by atoms with Gasteiger partial charge >= 0.3 is 30.2 Å². The van der Waals surface area contributed by atoms with Gasteiger partial charge in [0.1, 0.15) is 12.1 Å². The van der Waals surface area contributed by atoms with Gasteiger partial charge in [-0.3, -0.25) is 4.79 Å². The van der Waals surface area contributed by atoms with Crippen LogP contribution in [0.3, 0.4) is 0 Å². The minimum Gasteiger partial charge on any atom is -0.480 e. The maximum absolute atomic E-state index is 12.9. The first kappa shape index (κ1) is 17.8. The highest BCUT2D eigenvalue weighted by molar-refractivity contribution is 5.74. The maximum Gasteiger partial charge on any atom is 0.380 e. The summed E-state index contributed by atoms with van der Waals surface area (Å²) in [6, 6.07) is -3.07. The molecule has 0 heterocycles. The number of aliphatic carboxylic acids is 1. The molecule has 2 atom stereocenters. The number of hydrogen-bond acceptors (Lipinski definition) is 3. The number of carboxylic acid groups (broad SMARTS) is 1. The molecule has 0 saturated heterocycles. The molecule has 0 saturated carbocycles. The Labute approximate surface area is 99.3 Å². The summed E-state index contributed by atoms with van der Waals surface area (Å²) < 4.78 is 99.3. The highest BCUT2D eigenvalue weighted by Gasteiger charge is 2.78. The van der Waals surface area contributed by atoms with Crippen molar-refractivity contribution < 1.29 is 50.1 Å². The molecule has 0 aromatic heterocycles. The van der Waals surface area contributed by atoms with E-state index < -0.39 is 42.3 Å². The molecule has 0 unspecified atom stereocenters. The first-order valence-corrected chi connectivity index (χ1v) is 4.29. The Morgan fingerprint density at radius 3 is 1.63 bits per heavy atom. The lowest BCUT2D eigenvalue weighted by molar-refractivity contribution is -0.356. The SMILES string of the molecule is N[C@H](C(=O)O)[C@@H](O)C(F)(F)C(F)(F)C(F)(F)C(F)F. The molecule has 114 valence electrons. The van der Waals surface area contributed by atoms with E-state index in [0.717, 1.165) is 0 Å². The van der Waals surface area contributed by atoms with Gasteiger partial charge in [0.05, 0.1) is 0 Å². The first-order chi connectivity index (χ1) is 8.21. The van der Waals surface area contributed by atoms with Gasteiger partial charge in [-0.05, 0) is 0 Å². The predicted octanol–water partition coefficient (Wildman–Crippen LogP) is 0.930. The van der Waals surface area contributed by atoms with Crippen LogP contribution in [0.15, 0.2) is 0 Å². The molecule has 0 aliphatic rings. The van der Waals surface area contributed by atoms with Crippen molar-refractivity contribution in [3.63, 3.8) is 0 Å². The van der Waals surface area contributed by atoms with Crippen molar-refractivity contribution >= 4 is 5.97 Å². The normalized spacial score (nSPS) is 17.4. The van der Waals surface area contributed by atoms with Gasteiger partial charge < -0.3 is 15.9 Å². The average molecular weight is 305 g/mol. The number of aliphatic hydroxyl groups excluding tert-OH is 1. The predicted molar refractivity (Wildman–Crippen MR) is 42.5 cm³/mol. The molecular weight excluding hydrogens is 298 g/mol. The molecule has 0 rings (SSSR count). The molecule has 4 N–H and O–H groups in total. The molecule has 0 radical (unpaired) electrons. The van der Waals surface area contributed by atoms with E-state index in [9.17, 15) is 39.9 Å². The fourth-order valence-corrected chi connectivity index (χ4v) is 0.906. The smallest absolute Gasteiger partial charge is 0.380 e. The Morgan fingerprint density at radius 1 is 1.00 bits per heavy atom. The second-order valence-electron chi connectivity index (χ2n) is 3.43. The molecule has 4 nitrogen and oxygen atoms in total. The first-order valence-electron chi connectivity index (χ1n) is 4.29. The van der Waals surface area contributed by atoms with Crippen LogP contribution in [0.2, 0.25) is 0 Å². The van der Waals surface area contributed by atoms with Crippen molar-refractivity contribution in [3.8, 4) is 0 Å². The van der Waals surface area contributed by atoms with Crippen LogP contribution in [-0.2, 0) is 4.79 Å². The molecule has 19 heavy (non-hydrogen) atoms. The second kappa shape index (κ2) is 5.07. The van der Waals surface area contributed by atoms with Crippen molar-refractivity contribution in [3.05, 3.63) is 0 Å². The van der Waals surface area contributed by atoms with Crippen LogP contribution in [0.1, 0.15) is 0 Å². The van der Waals surface area contributed by atoms with E-state index >= 15 is 0 Å². The van der Waals surface area contributed by atoms with Crippen molar-refractivity contribution in [1.29, 1.82) is 0 Å². The molecule has 0 aliphatic heterocycles. The monoisotopic (exact) mass is 305 g/mol. The van der Waals surface area contributed by atoms with Crippen LogP contribution >= 0.6 is 0 Å². The van der Waals surface area contributed by atoms with Crippen molar-refractivity contribution in [1.82, 2.24) is 0 Å². The number of alkyl halides is 8. The lowest BCUT2D eigenvalue weighted by atomic mass is 9.95. The topological polar surface area (TPSA) is 83.6 Å². The molecule has 0 bridgehead atoms. The highest BCUT2D eigenvalue weighted by Crippen LogP contribution is 2.50. The molecule has 0 aromatic carbocycles. The van der Waals surface area contributed by atoms with Crippen LogP contribution in [0.4, 0.5) is 35.1 Å². The molecule has 12 heteroatoms. The average Bonchev–Trinajstić information content (AvgIpc) is 2.25. The number of hydrogen-bond donors (Lipinski definition) is 3. The summed E-state index contributed by atoms with van der Waals surface area (Å²) in [5.41, 5.74) is 4.37. The fraction of sp³-hybridized carbons (Fsp3) is 0.857. The number of halogens is 8. The standard InChI is InChI=1S/C7H7F8NO3/c8-4(9)6(12,13)7(14,15)5(10,11)2(17)1(16)3(18)19/h1-2,4,17H,16H2,(H,18,19)/t1-,2+/m0/s1. The lowest BCUT2D eigenvalue weighted by Crippen LogP contribution is -2.66. The molecule has 0 spiro atoms. The van der Waals surface area contributed by atoms with Crippen molar-refractivity contribution in [2.24, 2.45) is 5.73 Å². The van der Waals surface area contributed by atoms with Crippen LogP contribution in [-0.4, -0.2) is 52.5 Å². The van der Waals surface area contributed by atoms with Gasteiger partial charge in [-0.1, -0.05) is 0 Å². The van der Waals surface area contributed by atoms with E-state index in [1.165, 1.54) is 0 Å². The van der Waals surface area contributed by atoms with Gasteiger partial charge in [0, 0.05) is 0 Å². The second-order valence-corrected chi connectivity index (χ2v) is 3.43. The van der Waals surface area contributed by atoms with Gasteiger partial charge in [0.15, 0.2) is 0 Å². The third-order valence-electron chi connectivity index (χ3n) is 2.11. The van der Waals surface area contributed by atoms with Gasteiger partial charge in [-0.15, -0.1) is 0 Å². The Balaban J connectivity index is 5.57. The third kappa shape index (κ3) is 2.73. The number of carboxylic acids is 1. The highest BCUT2D eigenvalue weighted by atomic mass is 19.4. The summed E-state index contributed by atoms with van der Waals surface area (Å²) in [5, 5.41) is 16.7. The molecule has 0 fully saturated rings. The minimum atomic E-state index is -6.71. The summed E-state index contributed by atoms with van der Waals surface area (Å²) in [7, 11) is 0. The number of rotatable bonds is 6. The Bertz CT molecular complexity index is 347. The summed E-state index contributed by atoms with van der Waals surface area (Å²) in [6.45, 7) is 0. The summed E-state index contributed by atoms with van der Waals surface area (Å²) in [5.74, 6) is -21.8. The van der Waals surface area contributed by atoms with E-state index in [1.54, 1.807) is 0 Å². The van der Waals surface area contributed by atoms with E-state index in [4.69, 9.17) is 10.2 Å². The van der Waals surface area contributed by atoms with Gasteiger partial charge in [-0.25, -0.2) is 8.78 Å². The van der Waals surface area contributed by atoms with Gasteiger partial charge in [0.2, 0.25) is 0 Å². The summed E-state index contributed by atoms with van der Waals surface area (Å²) in [4.78, 5) is 10.1. The lowest BCUT2D eigenvalue weighted by Gasteiger charge is -2.35. The zero-order valence-electron chi connectivity index (χ0n) is 8.64. The maximum atomic E-state index is 12.9. The van der Waals surface area contributed by atoms with Crippen molar-refractivity contribution in [2.45, 2.75) is 36.3 Å². The number of nitrogens with two attached hydrogens (primary N) is 1. The molecule has 0 aliphatic carbocycles. The van der Waals surface area contributed by atoms with Crippen LogP contribution in [0, 0.1) is 0 Å². The van der Waals surface area contributed by atoms with E-state index in [0.29, 0.717) is 0 Å². The Morgan fingerprint density at radius 2 is 1.37 bits per heavy atom. The summed E-state index contributed by atoms with van der Waals surface area (Å²) in [6.07, 6.45) is -9.16. The van der Waals surface area contributed by atoms with Crippen molar-refractivity contribution in [2.75, 3.05) is 0 Å². The number of aliphatic hydroxyl groups is 1. The van der Waals surface area contributed by atoms with Gasteiger partial charge in [0.25, 0.3) is 0 Å². The molecule has 0 aromatic rings. The van der Waals surface area contributed by atoms with E-state index in [2.05, 4.69) is 5.73 Å². The zero-order valence-corrected chi connectivity index (χ0v) is 8.64. The van der Waals surface area contributed by atoms with Crippen LogP contribution in [0.5, 0.6) is 0 Å². The third-order valence-corrected chi connectivity index (χ3v) is 2.11. The molecule has 0 amide bonds. The Hall–Kier alpha value is -1.17. The Kier molecular flexibility index (Phi) is 4.76. The quantitative estimate of drug-likeness (QED) is 0.638. The fourth-order valence-electron chi connectivity index (χ4n) is 0.906. The zero-order chi connectivity index (χ0) is 15.8. The molecular formula is C7H7F8NO3. The van der Waals surface area contributed by atoms with E-state index in [1.807, 2.05) is 0 Å². The largest absolute Gasteiger partial charge is 0.480 e. The minimum absolute atomic E-state index is 2.41. The summed E-state index contributed by atoms with van der Waals surface area (Å²) >= 11 is 0. The number of carbonyl (C=O) groups is 1. The van der Waals surface area contributed by atoms with Crippen LogP contribution < -0.4 is 5.73 Å².